The molecule has 4 nitrogen and oxygen atoms in total. The molecule has 2 N–H and O–H groups in total. The highest BCUT2D eigenvalue weighted by molar-refractivity contribution is 5.34. The molecule has 0 saturated carbocycles. The molecule has 0 spiro atoms. The number of nitrogens with zero attached hydrogens (tertiary/aromatic N) is 3. The minimum atomic E-state index is 0.480. The standard InChI is InChI=1S/C15H20N4/c1-11-4-6-13(7-5-11)10-19(3)15-17-9-14(8-16)12(2)18-15/h4-7,9H,8,10,16H2,1-3H3. The Morgan fingerprint density at radius 3 is 2.42 bits per heavy atom. The van der Waals surface area contributed by atoms with Crippen molar-refractivity contribution in [3.63, 3.8) is 0 Å². The van der Waals surface area contributed by atoms with Crippen LogP contribution in [-0.4, -0.2) is 17.0 Å². The van der Waals surface area contributed by atoms with E-state index in [2.05, 4.69) is 41.2 Å². The van der Waals surface area contributed by atoms with E-state index in [4.69, 9.17) is 5.73 Å². The maximum absolute atomic E-state index is 5.62. The molecule has 0 unspecified atom stereocenters. The lowest BCUT2D eigenvalue weighted by molar-refractivity contribution is 0.846. The number of hydrogen-bond donors (Lipinski definition) is 1. The predicted octanol–water partition coefficient (Wildman–Crippen LogP) is 2.19. The van der Waals surface area contributed by atoms with E-state index in [0.29, 0.717) is 6.54 Å². The van der Waals surface area contributed by atoms with Crippen LogP contribution in [-0.2, 0) is 13.1 Å². The second kappa shape index (κ2) is 5.80. The molecular formula is C15H20N4. The van der Waals surface area contributed by atoms with Crippen LogP contribution in [0.3, 0.4) is 0 Å². The molecule has 0 aliphatic heterocycles. The van der Waals surface area contributed by atoms with Crippen LogP contribution in [0.2, 0.25) is 0 Å². The lowest BCUT2D eigenvalue weighted by atomic mass is 10.1. The lowest BCUT2D eigenvalue weighted by Gasteiger charge is -2.18. The topological polar surface area (TPSA) is 55.0 Å². The summed E-state index contributed by atoms with van der Waals surface area (Å²) in [6, 6.07) is 8.50. The van der Waals surface area contributed by atoms with Crippen molar-refractivity contribution in [2.24, 2.45) is 5.73 Å². The van der Waals surface area contributed by atoms with Gasteiger partial charge in [-0.2, -0.15) is 0 Å². The van der Waals surface area contributed by atoms with Crippen LogP contribution in [0.4, 0.5) is 5.95 Å². The molecule has 0 aliphatic carbocycles. The Morgan fingerprint density at radius 1 is 1.16 bits per heavy atom. The third-order valence-electron chi connectivity index (χ3n) is 3.17. The summed E-state index contributed by atoms with van der Waals surface area (Å²) < 4.78 is 0. The van der Waals surface area contributed by atoms with Crippen molar-refractivity contribution in [2.45, 2.75) is 26.9 Å². The molecule has 1 heterocycles. The fourth-order valence-electron chi connectivity index (χ4n) is 1.90. The maximum atomic E-state index is 5.62. The molecule has 0 aliphatic rings. The van der Waals surface area contributed by atoms with E-state index in [1.54, 1.807) is 0 Å². The first-order valence-corrected chi connectivity index (χ1v) is 6.39. The van der Waals surface area contributed by atoms with Gasteiger partial charge in [0.25, 0.3) is 0 Å². The number of rotatable bonds is 4. The van der Waals surface area contributed by atoms with Gasteiger partial charge in [0.05, 0.1) is 0 Å². The minimum absolute atomic E-state index is 0.480. The Bertz CT molecular complexity index is 549. The van der Waals surface area contributed by atoms with Crippen LogP contribution in [0.1, 0.15) is 22.4 Å². The van der Waals surface area contributed by atoms with Gasteiger partial charge in [0.1, 0.15) is 0 Å². The van der Waals surface area contributed by atoms with Gasteiger partial charge in [-0.15, -0.1) is 0 Å². The van der Waals surface area contributed by atoms with Crippen LogP contribution < -0.4 is 10.6 Å². The van der Waals surface area contributed by atoms with Crippen molar-refractivity contribution < 1.29 is 0 Å². The fraction of sp³-hybridized carbons (Fsp3) is 0.333. The monoisotopic (exact) mass is 256 g/mol. The van der Waals surface area contributed by atoms with Gasteiger partial charge in [-0.3, -0.25) is 0 Å². The smallest absolute Gasteiger partial charge is 0.225 e. The first-order chi connectivity index (χ1) is 9.10. The third-order valence-corrected chi connectivity index (χ3v) is 3.17. The first kappa shape index (κ1) is 13.5. The molecule has 2 rings (SSSR count). The van der Waals surface area contributed by atoms with Gasteiger partial charge < -0.3 is 10.6 Å². The summed E-state index contributed by atoms with van der Waals surface area (Å²) in [6.45, 7) is 5.33. The molecule has 1 aromatic heterocycles. The molecule has 0 bridgehead atoms. The summed E-state index contributed by atoms with van der Waals surface area (Å²) in [4.78, 5) is 10.9. The quantitative estimate of drug-likeness (QED) is 0.911. The molecule has 19 heavy (non-hydrogen) atoms. The molecule has 0 fully saturated rings. The second-order valence-electron chi connectivity index (χ2n) is 4.83. The van der Waals surface area contributed by atoms with Gasteiger partial charge in [0.2, 0.25) is 5.95 Å². The predicted molar refractivity (Wildman–Crippen MR) is 77.9 cm³/mol. The molecule has 0 saturated heterocycles. The molecule has 100 valence electrons. The van der Waals surface area contributed by atoms with E-state index in [1.807, 2.05) is 25.1 Å². The van der Waals surface area contributed by atoms with Gasteiger partial charge >= 0.3 is 0 Å². The zero-order valence-electron chi connectivity index (χ0n) is 11.7. The average Bonchev–Trinajstić information content (AvgIpc) is 2.41. The largest absolute Gasteiger partial charge is 0.340 e. The Labute approximate surface area is 114 Å². The number of anilines is 1. The van der Waals surface area contributed by atoms with E-state index in [0.717, 1.165) is 23.8 Å². The van der Waals surface area contributed by atoms with E-state index in [-0.39, 0.29) is 0 Å². The number of hydrogen-bond acceptors (Lipinski definition) is 4. The zero-order valence-corrected chi connectivity index (χ0v) is 11.7. The molecule has 0 atom stereocenters. The SMILES string of the molecule is Cc1ccc(CN(C)c2ncc(CN)c(C)n2)cc1. The van der Waals surface area contributed by atoms with Gasteiger partial charge in [0, 0.05) is 37.6 Å². The molecule has 0 amide bonds. The normalized spacial score (nSPS) is 10.5. The Balaban J connectivity index is 2.13. The highest BCUT2D eigenvalue weighted by atomic mass is 15.2. The van der Waals surface area contributed by atoms with Crippen LogP contribution in [0.5, 0.6) is 0 Å². The van der Waals surface area contributed by atoms with Gasteiger partial charge in [-0.05, 0) is 19.4 Å². The van der Waals surface area contributed by atoms with E-state index >= 15 is 0 Å². The van der Waals surface area contributed by atoms with Gasteiger partial charge in [-0.1, -0.05) is 29.8 Å². The first-order valence-electron chi connectivity index (χ1n) is 6.39. The molecular weight excluding hydrogens is 236 g/mol. The van der Waals surface area contributed by atoms with E-state index < -0.39 is 0 Å². The number of nitrogens with two attached hydrogens (primary N) is 1. The average molecular weight is 256 g/mol. The van der Waals surface area contributed by atoms with Crippen LogP contribution >= 0.6 is 0 Å². The lowest BCUT2D eigenvalue weighted by Crippen LogP contribution is -2.20. The Hall–Kier alpha value is -1.94. The summed E-state index contributed by atoms with van der Waals surface area (Å²) in [6.07, 6.45) is 1.81. The highest BCUT2D eigenvalue weighted by Gasteiger charge is 2.07. The Kier molecular flexibility index (Phi) is 4.12. The van der Waals surface area contributed by atoms with Crippen LogP contribution in [0.25, 0.3) is 0 Å². The van der Waals surface area contributed by atoms with Crippen molar-refractivity contribution in [1.82, 2.24) is 9.97 Å². The van der Waals surface area contributed by atoms with Gasteiger partial charge in [-0.25, -0.2) is 9.97 Å². The fourth-order valence-corrected chi connectivity index (χ4v) is 1.90. The van der Waals surface area contributed by atoms with Crippen molar-refractivity contribution >= 4 is 5.95 Å². The van der Waals surface area contributed by atoms with Crippen molar-refractivity contribution in [3.05, 3.63) is 52.8 Å². The maximum Gasteiger partial charge on any atom is 0.225 e. The van der Waals surface area contributed by atoms with Crippen molar-refractivity contribution in [3.8, 4) is 0 Å². The van der Waals surface area contributed by atoms with Crippen molar-refractivity contribution in [1.29, 1.82) is 0 Å². The van der Waals surface area contributed by atoms with Crippen LogP contribution in [0, 0.1) is 13.8 Å². The number of benzene rings is 1. The summed E-state index contributed by atoms with van der Waals surface area (Å²) in [5.41, 5.74) is 10.1. The van der Waals surface area contributed by atoms with Crippen LogP contribution in [0.15, 0.2) is 30.5 Å². The van der Waals surface area contributed by atoms with E-state index in [9.17, 15) is 0 Å². The minimum Gasteiger partial charge on any atom is -0.340 e. The van der Waals surface area contributed by atoms with Gasteiger partial charge in [0.15, 0.2) is 0 Å². The summed E-state index contributed by atoms with van der Waals surface area (Å²) in [7, 11) is 2.00. The molecule has 1 aromatic carbocycles. The second-order valence-corrected chi connectivity index (χ2v) is 4.83. The Morgan fingerprint density at radius 2 is 1.84 bits per heavy atom. The molecule has 0 radical (unpaired) electrons. The molecule has 2 aromatic rings. The summed E-state index contributed by atoms with van der Waals surface area (Å²) in [5, 5.41) is 0. The van der Waals surface area contributed by atoms with Crippen molar-refractivity contribution in [2.75, 3.05) is 11.9 Å². The number of aromatic nitrogens is 2. The summed E-state index contributed by atoms with van der Waals surface area (Å²) in [5.74, 6) is 0.732. The van der Waals surface area contributed by atoms with E-state index in [1.165, 1.54) is 11.1 Å². The number of aryl methyl sites for hydroxylation is 2. The summed E-state index contributed by atoms with van der Waals surface area (Å²) >= 11 is 0. The highest BCUT2D eigenvalue weighted by Crippen LogP contribution is 2.13. The zero-order chi connectivity index (χ0) is 13.8. The molecule has 4 heteroatoms. The third kappa shape index (κ3) is 3.29.